The lowest BCUT2D eigenvalue weighted by atomic mass is 9.99. The van der Waals surface area contributed by atoms with Crippen molar-refractivity contribution >= 4 is 0 Å². The minimum atomic E-state index is 0.297. The van der Waals surface area contributed by atoms with Gasteiger partial charge in [-0.05, 0) is 37.9 Å². The first-order chi connectivity index (χ1) is 7.19. The van der Waals surface area contributed by atoms with E-state index >= 15 is 0 Å². The van der Waals surface area contributed by atoms with Crippen molar-refractivity contribution in [3.8, 4) is 0 Å². The summed E-state index contributed by atoms with van der Waals surface area (Å²) in [6.07, 6.45) is 1.14. The standard InChI is InChI=1S/C13H22N2/c1-4-7-15-13(9-14)12-6-5-10(2)8-11(12)3/h5-6,8,13,15H,4,7,9,14H2,1-3H3. The molecule has 1 aromatic carbocycles. The van der Waals surface area contributed by atoms with E-state index in [0.717, 1.165) is 13.0 Å². The predicted molar refractivity (Wildman–Crippen MR) is 66.0 cm³/mol. The molecule has 0 fully saturated rings. The second-order valence-electron chi connectivity index (χ2n) is 4.10. The third kappa shape index (κ3) is 3.33. The maximum atomic E-state index is 5.79. The molecule has 0 bridgehead atoms. The number of aryl methyl sites for hydroxylation is 2. The summed E-state index contributed by atoms with van der Waals surface area (Å²) in [6.45, 7) is 8.12. The number of hydrogen-bond acceptors (Lipinski definition) is 2. The Kier molecular flexibility index (Phi) is 4.79. The third-order valence-corrected chi connectivity index (χ3v) is 2.68. The van der Waals surface area contributed by atoms with Crippen molar-refractivity contribution in [2.45, 2.75) is 33.2 Å². The van der Waals surface area contributed by atoms with Crippen molar-refractivity contribution in [3.63, 3.8) is 0 Å². The molecule has 1 atom stereocenters. The van der Waals surface area contributed by atoms with Crippen LogP contribution in [0.25, 0.3) is 0 Å². The van der Waals surface area contributed by atoms with E-state index in [1.807, 2.05) is 0 Å². The largest absolute Gasteiger partial charge is 0.329 e. The molecule has 2 nitrogen and oxygen atoms in total. The molecule has 0 aliphatic carbocycles. The van der Waals surface area contributed by atoms with Crippen LogP contribution in [0.3, 0.4) is 0 Å². The van der Waals surface area contributed by atoms with E-state index in [1.165, 1.54) is 16.7 Å². The van der Waals surface area contributed by atoms with E-state index in [4.69, 9.17) is 5.73 Å². The molecule has 0 aliphatic rings. The first kappa shape index (κ1) is 12.2. The lowest BCUT2D eigenvalue weighted by Crippen LogP contribution is -2.29. The van der Waals surface area contributed by atoms with Crippen molar-refractivity contribution in [1.29, 1.82) is 0 Å². The first-order valence-electron chi connectivity index (χ1n) is 5.69. The highest BCUT2D eigenvalue weighted by Gasteiger charge is 2.10. The Balaban J connectivity index is 2.81. The van der Waals surface area contributed by atoms with Gasteiger partial charge in [-0.15, -0.1) is 0 Å². The summed E-state index contributed by atoms with van der Waals surface area (Å²) >= 11 is 0. The molecule has 15 heavy (non-hydrogen) atoms. The van der Waals surface area contributed by atoms with Gasteiger partial charge in [0.1, 0.15) is 0 Å². The maximum absolute atomic E-state index is 5.79. The summed E-state index contributed by atoms with van der Waals surface area (Å²) < 4.78 is 0. The third-order valence-electron chi connectivity index (χ3n) is 2.68. The average Bonchev–Trinajstić information content (AvgIpc) is 2.21. The first-order valence-corrected chi connectivity index (χ1v) is 5.69. The Bertz CT molecular complexity index is 307. The van der Waals surface area contributed by atoms with Gasteiger partial charge in [-0.25, -0.2) is 0 Å². The Hall–Kier alpha value is -0.860. The van der Waals surface area contributed by atoms with Gasteiger partial charge in [0.15, 0.2) is 0 Å². The number of hydrogen-bond donors (Lipinski definition) is 2. The summed E-state index contributed by atoms with van der Waals surface area (Å²) in [5, 5.41) is 3.47. The molecule has 0 saturated carbocycles. The molecule has 0 spiro atoms. The molecular formula is C13H22N2. The second kappa shape index (κ2) is 5.89. The fourth-order valence-electron chi connectivity index (χ4n) is 1.86. The molecule has 0 amide bonds. The van der Waals surface area contributed by atoms with Crippen LogP contribution in [0.5, 0.6) is 0 Å². The van der Waals surface area contributed by atoms with E-state index in [9.17, 15) is 0 Å². The molecule has 0 aliphatic heterocycles. The topological polar surface area (TPSA) is 38.0 Å². The van der Waals surface area contributed by atoms with E-state index < -0.39 is 0 Å². The smallest absolute Gasteiger partial charge is 0.0447 e. The van der Waals surface area contributed by atoms with Gasteiger partial charge < -0.3 is 11.1 Å². The average molecular weight is 206 g/mol. The molecule has 1 aromatic rings. The van der Waals surface area contributed by atoms with Crippen LogP contribution in [-0.2, 0) is 0 Å². The highest BCUT2D eigenvalue weighted by molar-refractivity contribution is 5.32. The molecule has 0 radical (unpaired) electrons. The number of benzene rings is 1. The van der Waals surface area contributed by atoms with Crippen molar-refractivity contribution in [1.82, 2.24) is 5.32 Å². The van der Waals surface area contributed by atoms with Crippen LogP contribution in [0.2, 0.25) is 0 Å². The van der Waals surface area contributed by atoms with Crippen LogP contribution in [0, 0.1) is 13.8 Å². The minimum absolute atomic E-state index is 0.297. The molecule has 1 rings (SSSR count). The van der Waals surface area contributed by atoms with Crippen molar-refractivity contribution in [2.24, 2.45) is 5.73 Å². The van der Waals surface area contributed by atoms with Gasteiger partial charge in [0.2, 0.25) is 0 Å². The van der Waals surface area contributed by atoms with E-state index in [0.29, 0.717) is 12.6 Å². The molecule has 0 aromatic heterocycles. The number of nitrogens with two attached hydrogens (primary N) is 1. The van der Waals surface area contributed by atoms with E-state index in [1.54, 1.807) is 0 Å². The summed E-state index contributed by atoms with van der Waals surface area (Å²) in [5.41, 5.74) is 9.76. The highest BCUT2D eigenvalue weighted by atomic mass is 14.9. The fraction of sp³-hybridized carbons (Fsp3) is 0.538. The normalized spacial score (nSPS) is 12.8. The summed E-state index contributed by atoms with van der Waals surface area (Å²) in [4.78, 5) is 0. The monoisotopic (exact) mass is 206 g/mol. The highest BCUT2D eigenvalue weighted by Crippen LogP contribution is 2.18. The van der Waals surface area contributed by atoms with Crippen LogP contribution < -0.4 is 11.1 Å². The fourth-order valence-corrected chi connectivity index (χ4v) is 1.86. The Morgan fingerprint density at radius 2 is 2.07 bits per heavy atom. The number of nitrogens with one attached hydrogen (secondary N) is 1. The molecule has 0 heterocycles. The van der Waals surface area contributed by atoms with Gasteiger partial charge in [-0.2, -0.15) is 0 Å². The van der Waals surface area contributed by atoms with Crippen LogP contribution in [-0.4, -0.2) is 13.1 Å². The van der Waals surface area contributed by atoms with Crippen molar-refractivity contribution < 1.29 is 0 Å². The summed E-state index contributed by atoms with van der Waals surface area (Å²) in [6, 6.07) is 6.85. The van der Waals surface area contributed by atoms with Crippen LogP contribution in [0.1, 0.15) is 36.1 Å². The van der Waals surface area contributed by atoms with Gasteiger partial charge in [-0.1, -0.05) is 30.7 Å². The zero-order valence-corrected chi connectivity index (χ0v) is 10.0. The van der Waals surface area contributed by atoms with Gasteiger partial charge >= 0.3 is 0 Å². The van der Waals surface area contributed by atoms with Crippen LogP contribution in [0.15, 0.2) is 18.2 Å². The zero-order valence-electron chi connectivity index (χ0n) is 10.0. The van der Waals surface area contributed by atoms with E-state index in [-0.39, 0.29) is 0 Å². The quantitative estimate of drug-likeness (QED) is 0.776. The Labute approximate surface area is 92.9 Å². The second-order valence-corrected chi connectivity index (χ2v) is 4.10. The predicted octanol–water partition coefficient (Wildman–Crippen LogP) is 2.30. The summed E-state index contributed by atoms with van der Waals surface area (Å²) in [7, 11) is 0. The lowest BCUT2D eigenvalue weighted by molar-refractivity contribution is 0.538. The minimum Gasteiger partial charge on any atom is -0.329 e. The van der Waals surface area contributed by atoms with Gasteiger partial charge in [0, 0.05) is 12.6 Å². The van der Waals surface area contributed by atoms with Crippen molar-refractivity contribution in [2.75, 3.05) is 13.1 Å². The van der Waals surface area contributed by atoms with Crippen LogP contribution >= 0.6 is 0 Å². The Morgan fingerprint density at radius 1 is 1.33 bits per heavy atom. The zero-order chi connectivity index (χ0) is 11.3. The van der Waals surface area contributed by atoms with Crippen molar-refractivity contribution in [3.05, 3.63) is 34.9 Å². The lowest BCUT2D eigenvalue weighted by Gasteiger charge is -2.19. The van der Waals surface area contributed by atoms with Gasteiger partial charge in [0.25, 0.3) is 0 Å². The number of rotatable bonds is 5. The SMILES string of the molecule is CCCNC(CN)c1ccc(C)cc1C. The van der Waals surface area contributed by atoms with Gasteiger partial charge in [0.05, 0.1) is 0 Å². The molecule has 3 N–H and O–H groups in total. The molecule has 84 valence electrons. The molecule has 1 unspecified atom stereocenters. The maximum Gasteiger partial charge on any atom is 0.0447 e. The van der Waals surface area contributed by atoms with Crippen LogP contribution in [0.4, 0.5) is 0 Å². The molecule has 0 saturated heterocycles. The molecule has 2 heteroatoms. The van der Waals surface area contributed by atoms with E-state index in [2.05, 4.69) is 44.3 Å². The Morgan fingerprint density at radius 3 is 2.60 bits per heavy atom. The molecular weight excluding hydrogens is 184 g/mol. The summed E-state index contributed by atoms with van der Waals surface area (Å²) in [5.74, 6) is 0. The van der Waals surface area contributed by atoms with Gasteiger partial charge in [-0.3, -0.25) is 0 Å².